The molecule has 19 heavy (non-hydrogen) atoms. The Labute approximate surface area is 113 Å². The van der Waals surface area contributed by atoms with Crippen LogP contribution in [0.5, 0.6) is 5.75 Å². The third-order valence-electron chi connectivity index (χ3n) is 2.55. The van der Waals surface area contributed by atoms with Gasteiger partial charge < -0.3 is 9.47 Å². The molecule has 0 atom stereocenters. The number of ether oxygens (including phenoxy) is 2. The smallest absolute Gasteiger partial charge is 0.428 e. The van der Waals surface area contributed by atoms with E-state index >= 15 is 0 Å². The van der Waals surface area contributed by atoms with Crippen molar-refractivity contribution in [2.24, 2.45) is 0 Å². The van der Waals surface area contributed by atoms with Gasteiger partial charge in [-0.1, -0.05) is 19.1 Å². The topological polar surface area (TPSA) is 52.6 Å². The van der Waals surface area contributed by atoms with Gasteiger partial charge in [-0.25, -0.2) is 4.79 Å². The molecule has 0 amide bonds. The normalized spacial score (nSPS) is 11.0. The molecule has 0 spiro atoms. The molecular formula is C15H20O4. The van der Waals surface area contributed by atoms with Crippen molar-refractivity contribution in [2.45, 2.75) is 46.6 Å². The van der Waals surface area contributed by atoms with Crippen molar-refractivity contribution in [3.8, 4) is 5.75 Å². The first-order chi connectivity index (χ1) is 8.74. The first-order valence-electron chi connectivity index (χ1n) is 6.28. The van der Waals surface area contributed by atoms with Gasteiger partial charge in [-0.15, -0.1) is 0 Å². The molecule has 0 fully saturated rings. The summed E-state index contributed by atoms with van der Waals surface area (Å²) in [6.45, 7) is 8.95. The van der Waals surface area contributed by atoms with Crippen molar-refractivity contribution in [2.75, 3.05) is 0 Å². The Bertz CT molecular complexity index is 527. The highest BCUT2D eigenvalue weighted by atomic mass is 16.7. The summed E-state index contributed by atoms with van der Waals surface area (Å²) in [4.78, 5) is 23.5. The van der Waals surface area contributed by atoms with Crippen LogP contribution in [0.25, 0.3) is 0 Å². The molecule has 104 valence electrons. The Morgan fingerprint density at radius 2 is 1.89 bits per heavy atom. The second kappa shape index (κ2) is 5.87. The van der Waals surface area contributed by atoms with Crippen LogP contribution < -0.4 is 10.2 Å². The molecule has 4 nitrogen and oxygen atoms in total. The summed E-state index contributed by atoms with van der Waals surface area (Å²) in [6.07, 6.45) is -0.106. The van der Waals surface area contributed by atoms with Crippen LogP contribution in [0.2, 0.25) is 0 Å². The van der Waals surface area contributed by atoms with Crippen LogP contribution in [0.4, 0.5) is 4.79 Å². The van der Waals surface area contributed by atoms with Gasteiger partial charge >= 0.3 is 6.16 Å². The van der Waals surface area contributed by atoms with Gasteiger partial charge in [0.15, 0.2) is 5.75 Å². The van der Waals surface area contributed by atoms with Crippen LogP contribution in [0.15, 0.2) is 23.0 Å². The summed E-state index contributed by atoms with van der Waals surface area (Å²) < 4.78 is 10.1. The minimum absolute atomic E-state index is 0.0381. The van der Waals surface area contributed by atoms with Crippen molar-refractivity contribution >= 4 is 6.16 Å². The number of rotatable bonds is 2. The van der Waals surface area contributed by atoms with Crippen LogP contribution in [-0.2, 0) is 11.2 Å². The first-order valence-corrected chi connectivity index (χ1v) is 6.28. The number of hydrogen-bond acceptors (Lipinski definition) is 4. The highest BCUT2D eigenvalue weighted by molar-refractivity contribution is 5.65. The Kier molecular flexibility index (Phi) is 4.70. The zero-order valence-corrected chi connectivity index (χ0v) is 12.1. The molecule has 0 aliphatic heterocycles. The molecule has 0 aliphatic carbocycles. The standard InChI is InChI=1S/C15H20O4/c1-6-11-8-7-9-12(16)13(10(11)2)18-14(17)19-15(3,4)5/h7-9H,6H2,1-5H3. The van der Waals surface area contributed by atoms with Gasteiger partial charge in [0.05, 0.1) is 0 Å². The third kappa shape index (κ3) is 4.39. The van der Waals surface area contributed by atoms with Gasteiger partial charge in [0.25, 0.3) is 0 Å². The average molecular weight is 264 g/mol. The van der Waals surface area contributed by atoms with E-state index in [0.717, 1.165) is 12.0 Å². The van der Waals surface area contributed by atoms with Crippen molar-refractivity contribution in [1.82, 2.24) is 0 Å². The zero-order chi connectivity index (χ0) is 14.6. The van der Waals surface area contributed by atoms with Crippen molar-refractivity contribution in [1.29, 1.82) is 0 Å². The SMILES string of the molecule is CCc1cccc(=O)c(OC(=O)OC(C)(C)C)c1C. The summed E-state index contributed by atoms with van der Waals surface area (Å²) in [5.74, 6) is 0.0381. The molecule has 1 rings (SSSR count). The zero-order valence-electron chi connectivity index (χ0n) is 12.1. The largest absolute Gasteiger partial charge is 0.514 e. The second-order valence-corrected chi connectivity index (χ2v) is 5.29. The third-order valence-corrected chi connectivity index (χ3v) is 2.55. The highest BCUT2D eigenvalue weighted by Gasteiger charge is 2.20. The van der Waals surface area contributed by atoms with Crippen LogP contribution in [-0.4, -0.2) is 11.8 Å². The summed E-state index contributed by atoms with van der Waals surface area (Å²) in [5.41, 5.74) is 0.644. The first kappa shape index (κ1) is 15.2. The van der Waals surface area contributed by atoms with E-state index in [-0.39, 0.29) is 11.2 Å². The fourth-order valence-corrected chi connectivity index (χ4v) is 1.65. The van der Waals surface area contributed by atoms with Crippen LogP contribution in [0.1, 0.15) is 38.8 Å². The molecule has 0 unspecified atom stereocenters. The molecule has 4 heteroatoms. The molecule has 0 heterocycles. The van der Waals surface area contributed by atoms with Gasteiger partial charge in [0.1, 0.15) is 5.60 Å². The molecule has 0 saturated heterocycles. The van der Waals surface area contributed by atoms with Gasteiger partial charge in [0, 0.05) is 0 Å². The maximum absolute atomic E-state index is 11.9. The van der Waals surface area contributed by atoms with E-state index in [1.54, 1.807) is 33.8 Å². The summed E-state index contributed by atoms with van der Waals surface area (Å²) in [6, 6.07) is 4.89. The van der Waals surface area contributed by atoms with E-state index < -0.39 is 11.8 Å². The predicted octanol–water partition coefficient (Wildman–Crippen LogP) is 3.23. The van der Waals surface area contributed by atoms with Gasteiger partial charge in [0.2, 0.25) is 5.43 Å². The Morgan fingerprint density at radius 1 is 1.26 bits per heavy atom. The van der Waals surface area contributed by atoms with E-state index in [2.05, 4.69) is 0 Å². The Hall–Kier alpha value is -1.84. The van der Waals surface area contributed by atoms with Gasteiger partial charge in [-0.2, -0.15) is 0 Å². The fraction of sp³-hybridized carbons (Fsp3) is 0.467. The Morgan fingerprint density at radius 3 is 2.42 bits per heavy atom. The number of aryl methyl sites for hydroxylation is 1. The number of hydrogen-bond donors (Lipinski definition) is 0. The highest BCUT2D eigenvalue weighted by Crippen LogP contribution is 2.18. The quantitative estimate of drug-likeness (QED) is 0.769. The fourth-order valence-electron chi connectivity index (χ4n) is 1.65. The molecule has 0 aliphatic rings. The van der Waals surface area contributed by atoms with Gasteiger partial charge in [-0.3, -0.25) is 4.79 Å². The van der Waals surface area contributed by atoms with Crippen LogP contribution in [0.3, 0.4) is 0 Å². The monoisotopic (exact) mass is 264 g/mol. The van der Waals surface area contributed by atoms with Crippen LogP contribution >= 0.6 is 0 Å². The molecule has 1 aromatic rings. The molecular weight excluding hydrogens is 244 g/mol. The molecule has 1 aromatic carbocycles. The lowest BCUT2D eigenvalue weighted by molar-refractivity contribution is 0.0202. The summed E-state index contributed by atoms with van der Waals surface area (Å²) in [7, 11) is 0. The lowest BCUT2D eigenvalue weighted by Crippen LogP contribution is -2.27. The summed E-state index contributed by atoms with van der Waals surface area (Å²) >= 11 is 0. The lowest BCUT2D eigenvalue weighted by Gasteiger charge is -2.18. The molecule has 0 bridgehead atoms. The van der Waals surface area contributed by atoms with Crippen LogP contribution in [0, 0.1) is 6.92 Å². The van der Waals surface area contributed by atoms with Crippen molar-refractivity contribution in [3.63, 3.8) is 0 Å². The number of carbonyl (C=O) groups excluding carboxylic acids is 1. The second-order valence-electron chi connectivity index (χ2n) is 5.29. The van der Waals surface area contributed by atoms with Crippen molar-refractivity contribution in [3.05, 3.63) is 39.5 Å². The van der Waals surface area contributed by atoms with Gasteiger partial charge in [-0.05, 0) is 51.3 Å². The number of carbonyl (C=O) groups is 1. The molecule has 0 saturated carbocycles. The summed E-state index contributed by atoms with van der Waals surface area (Å²) in [5, 5.41) is 0. The molecule has 0 N–H and O–H groups in total. The average Bonchev–Trinajstić information content (AvgIpc) is 2.39. The minimum Gasteiger partial charge on any atom is -0.428 e. The van der Waals surface area contributed by atoms with E-state index in [0.29, 0.717) is 5.56 Å². The Balaban J connectivity index is 3.12. The maximum Gasteiger partial charge on any atom is 0.514 e. The van der Waals surface area contributed by atoms with E-state index in [9.17, 15) is 9.59 Å². The molecule has 0 radical (unpaired) electrons. The molecule has 0 aromatic heterocycles. The van der Waals surface area contributed by atoms with E-state index in [4.69, 9.17) is 9.47 Å². The minimum atomic E-state index is -0.860. The lowest BCUT2D eigenvalue weighted by atomic mass is 10.1. The van der Waals surface area contributed by atoms with Crippen molar-refractivity contribution < 1.29 is 14.3 Å². The van der Waals surface area contributed by atoms with E-state index in [1.165, 1.54) is 6.07 Å². The predicted molar refractivity (Wildman–Crippen MR) is 73.7 cm³/mol. The maximum atomic E-state index is 11.9. The van der Waals surface area contributed by atoms with E-state index in [1.807, 2.05) is 13.0 Å².